The second kappa shape index (κ2) is 12.1. The van der Waals surface area contributed by atoms with Crippen LogP contribution < -0.4 is 9.05 Å². The highest BCUT2D eigenvalue weighted by Crippen LogP contribution is 2.54. The summed E-state index contributed by atoms with van der Waals surface area (Å²) in [5, 5.41) is 0. The summed E-state index contributed by atoms with van der Waals surface area (Å²) in [5.41, 5.74) is 6.92. The summed E-state index contributed by atoms with van der Waals surface area (Å²) in [6.07, 6.45) is 2.71. The van der Waals surface area contributed by atoms with Crippen LogP contribution in [0, 0.1) is 19.3 Å². The molecule has 36 heavy (non-hydrogen) atoms. The fourth-order valence-corrected chi connectivity index (χ4v) is 7.22. The third-order valence-corrected chi connectivity index (χ3v) is 8.75. The van der Waals surface area contributed by atoms with Crippen molar-refractivity contribution in [1.82, 2.24) is 0 Å². The Morgan fingerprint density at radius 1 is 0.694 bits per heavy atom. The molecule has 0 N–H and O–H groups in total. The Morgan fingerprint density at radius 2 is 1.08 bits per heavy atom. The van der Waals surface area contributed by atoms with Gasteiger partial charge in [0, 0.05) is 0 Å². The van der Waals surface area contributed by atoms with E-state index in [1.807, 2.05) is 0 Å². The molecule has 0 radical (unpaired) electrons. The van der Waals surface area contributed by atoms with Crippen LogP contribution in [0.3, 0.4) is 0 Å². The molecule has 2 aliphatic heterocycles. The van der Waals surface area contributed by atoms with Gasteiger partial charge in [-0.3, -0.25) is 0 Å². The number of benzene rings is 2. The van der Waals surface area contributed by atoms with Crippen LogP contribution in [0.15, 0.2) is 24.3 Å². The number of aryl methyl sites for hydroxylation is 5. The Morgan fingerprint density at radius 3 is 1.50 bits per heavy atom. The highest BCUT2D eigenvalue weighted by molar-refractivity contribution is 7.42. The lowest BCUT2D eigenvalue weighted by molar-refractivity contribution is -0.0674. The molecule has 2 aliphatic rings. The van der Waals surface area contributed by atoms with Crippen molar-refractivity contribution in [2.45, 2.75) is 73.6 Å². The minimum atomic E-state index is -1.48. The van der Waals surface area contributed by atoms with Crippen LogP contribution >= 0.6 is 17.2 Å². The van der Waals surface area contributed by atoms with E-state index >= 15 is 0 Å². The Kier molecular flexibility index (Phi) is 9.31. The van der Waals surface area contributed by atoms with Crippen molar-refractivity contribution < 1.29 is 27.1 Å². The van der Waals surface area contributed by atoms with E-state index in [1.54, 1.807) is 0 Å². The Labute approximate surface area is 219 Å². The maximum Gasteiger partial charge on any atom is 0.397 e. The van der Waals surface area contributed by atoms with E-state index in [0.29, 0.717) is 32.3 Å². The summed E-state index contributed by atoms with van der Waals surface area (Å²) in [4.78, 5) is 0. The third-order valence-electron chi connectivity index (χ3n) is 6.73. The zero-order valence-corrected chi connectivity index (χ0v) is 24.5. The molecule has 2 fully saturated rings. The van der Waals surface area contributed by atoms with Gasteiger partial charge in [0.25, 0.3) is 0 Å². The summed E-state index contributed by atoms with van der Waals surface area (Å²) < 4.78 is 37.0. The highest BCUT2D eigenvalue weighted by Gasteiger charge is 2.45. The van der Waals surface area contributed by atoms with Gasteiger partial charge in [-0.05, 0) is 61.3 Å². The van der Waals surface area contributed by atoms with Crippen LogP contribution in [0.1, 0.15) is 73.9 Å². The number of hydrogen-bond acceptors (Lipinski definition) is 6. The lowest BCUT2D eigenvalue weighted by Gasteiger charge is -2.41. The lowest BCUT2D eigenvalue weighted by Crippen LogP contribution is -2.45. The Balaban J connectivity index is 1.36. The summed E-state index contributed by atoms with van der Waals surface area (Å²) in [5.74, 6) is 2.17. The van der Waals surface area contributed by atoms with Gasteiger partial charge in [0.05, 0.1) is 31.8 Å². The molecule has 1 spiro atoms. The molecule has 0 aliphatic carbocycles. The molecule has 2 aromatic rings. The summed E-state index contributed by atoms with van der Waals surface area (Å²) in [6, 6.07) is 8.76. The minimum absolute atomic E-state index is 0.347. The predicted octanol–water partition coefficient (Wildman–Crippen LogP) is 8.11. The maximum absolute atomic E-state index is 6.34. The second-order valence-corrected chi connectivity index (χ2v) is 12.5. The normalized spacial score (nSPS) is 24.3. The summed E-state index contributed by atoms with van der Waals surface area (Å²) in [7, 11) is -2.94. The van der Waals surface area contributed by atoms with Crippen molar-refractivity contribution >= 4 is 17.2 Å². The first-order valence-electron chi connectivity index (χ1n) is 13.0. The third kappa shape index (κ3) is 6.23. The quantitative estimate of drug-likeness (QED) is 0.319. The second-order valence-electron chi connectivity index (χ2n) is 10.2. The Hall–Kier alpha value is -1.26. The monoisotopic (exact) mass is 534 g/mol. The molecule has 198 valence electrons. The van der Waals surface area contributed by atoms with Crippen LogP contribution in [0.5, 0.6) is 11.5 Å². The van der Waals surface area contributed by atoms with Crippen molar-refractivity contribution in [1.29, 1.82) is 0 Å². The van der Waals surface area contributed by atoms with Gasteiger partial charge >= 0.3 is 17.2 Å². The van der Waals surface area contributed by atoms with Crippen LogP contribution in [-0.2, 0) is 37.4 Å². The minimum Gasteiger partial charge on any atom is -0.426 e. The van der Waals surface area contributed by atoms with Crippen LogP contribution in [-0.4, -0.2) is 26.4 Å². The van der Waals surface area contributed by atoms with Gasteiger partial charge in [0.1, 0.15) is 11.5 Å². The molecule has 6 nitrogen and oxygen atoms in total. The molecular formula is C28H40O6P2. The fourth-order valence-electron chi connectivity index (χ4n) is 4.59. The van der Waals surface area contributed by atoms with Crippen molar-refractivity contribution in [2.24, 2.45) is 5.41 Å². The first-order valence-corrected chi connectivity index (χ1v) is 15.2. The zero-order chi connectivity index (χ0) is 25.9. The first kappa shape index (κ1) is 27.8. The van der Waals surface area contributed by atoms with Gasteiger partial charge in [-0.1, -0.05) is 70.0 Å². The standard InChI is InChI=1S/C28H40O6P2/c1-8-22-11-20(6)12-23(9-2)26(22)33-35-29-15-28(16-30-35)17-31-36(32-18-28)34-27-24(10-3)13-21(7)14-25(27)19(4)5/h11-14,19H,8-10,15-18H2,1-7H3. The molecule has 0 atom stereocenters. The molecule has 2 aromatic carbocycles. The maximum atomic E-state index is 6.34. The molecule has 0 unspecified atom stereocenters. The highest BCUT2D eigenvalue weighted by atomic mass is 31.2. The van der Waals surface area contributed by atoms with Gasteiger partial charge in [0.2, 0.25) is 0 Å². The largest absolute Gasteiger partial charge is 0.426 e. The summed E-state index contributed by atoms with van der Waals surface area (Å²) >= 11 is 0. The van der Waals surface area contributed by atoms with E-state index in [2.05, 4.69) is 72.7 Å². The molecule has 0 saturated carbocycles. The fraction of sp³-hybridized carbons (Fsp3) is 0.571. The van der Waals surface area contributed by atoms with Crippen molar-refractivity contribution in [3.05, 3.63) is 57.6 Å². The van der Waals surface area contributed by atoms with E-state index in [4.69, 9.17) is 27.1 Å². The molecule has 2 heterocycles. The van der Waals surface area contributed by atoms with Crippen molar-refractivity contribution in [3.8, 4) is 11.5 Å². The van der Waals surface area contributed by atoms with Gasteiger partial charge in [-0.25, -0.2) is 0 Å². The molecular weight excluding hydrogens is 494 g/mol. The van der Waals surface area contributed by atoms with Crippen molar-refractivity contribution in [3.63, 3.8) is 0 Å². The van der Waals surface area contributed by atoms with Gasteiger partial charge in [0.15, 0.2) is 0 Å². The SMILES string of the molecule is CCc1cc(C)cc(CC)c1OP1OCC2(CO1)COP(Oc1c(CC)cc(C)cc1C(C)C)OC2. The molecule has 8 heteroatoms. The van der Waals surface area contributed by atoms with Gasteiger partial charge in [-0.15, -0.1) is 0 Å². The van der Waals surface area contributed by atoms with E-state index in [-0.39, 0.29) is 5.41 Å². The zero-order valence-electron chi connectivity index (χ0n) is 22.7. The van der Waals surface area contributed by atoms with Crippen LogP contribution in [0.25, 0.3) is 0 Å². The number of rotatable bonds is 8. The van der Waals surface area contributed by atoms with E-state index < -0.39 is 17.2 Å². The average molecular weight is 535 g/mol. The molecule has 0 bridgehead atoms. The lowest BCUT2D eigenvalue weighted by atomic mass is 9.93. The smallest absolute Gasteiger partial charge is 0.397 e. The Bertz CT molecular complexity index is 1010. The first-order chi connectivity index (χ1) is 17.3. The summed E-state index contributed by atoms with van der Waals surface area (Å²) in [6.45, 7) is 16.9. The number of hydrogen-bond donors (Lipinski definition) is 0. The predicted molar refractivity (Wildman–Crippen MR) is 146 cm³/mol. The van der Waals surface area contributed by atoms with Crippen molar-refractivity contribution in [2.75, 3.05) is 26.4 Å². The van der Waals surface area contributed by atoms with Crippen LogP contribution in [0.2, 0.25) is 0 Å². The van der Waals surface area contributed by atoms with Crippen LogP contribution in [0.4, 0.5) is 0 Å². The molecule has 0 amide bonds. The average Bonchev–Trinajstić information content (AvgIpc) is 2.88. The molecule has 2 saturated heterocycles. The van der Waals surface area contributed by atoms with Gasteiger partial charge in [-0.2, -0.15) is 0 Å². The van der Waals surface area contributed by atoms with E-state index in [0.717, 1.165) is 30.8 Å². The van der Waals surface area contributed by atoms with Gasteiger partial charge < -0.3 is 27.1 Å². The molecule has 0 aromatic heterocycles. The van der Waals surface area contributed by atoms with E-state index in [9.17, 15) is 0 Å². The topological polar surface area (TPSA) is 55.4 Å². The van der Waals surface area contributed by atoms with E-state index in [1.165, 1.54) is 33.4 Å². The molecule has 4 rings (SSSR count).